The molecule has 76 valence electrons. The van der Waals surface area contributed by atoms with Crippen LogP contribution in [0, 0.1) is 17.3 Å². The molecule has 4 nitrogen and oxygen atoms in total. The highest BCUT2D eigenvalue weighted by molar-refractivity contribution is 5.75. The lowest BCUT2D eigenvalue weighted by atomic mass is 10.1. The number of hydrogen-bond acceptors (Lipinski definition) is 3. The molecule has 1 N–H and O–H groups in total. The molecule has 0 radical (unpaired) electrons. The first-order chi connectivity index (χ1) is 5.96. The van der Waals surface area contributed by atoms with Crippen molar-refractivity contribution in [1.29, 1.82) is 0 Å². The fourth-order valence-corrected chi connectivity index (χ4v) is 2.05. The molecule has 2 atom stereocenters. The van der Waals surface area contributed by atoms with E-state index in [4.69, 9.17) is 14.6 Å². The number of methoxy groups -OCH3 is 2. The smallest absolute Gasteiger partial charge is 0.307 e. The Morgan fingerprint density at radius 2 is 1.85 bits per heavy atom. The molecule has 0 spiro atoms. The van der Waals surface area contributed by atoms with E-state index in [2.05, 4.69) is 0 Å². The summed E-state index contributed by atoms with van der Waals surface area (Å²) in [5.41, 5.74) is -0.220. The predicted molar refractivity (Wildman–Crippen MR) is 46.2 cm³/mol. The second kappa shape index (κ2) is 3.27. The van der Waals surface area contributed by atoms with Gasteiger partial charge in [-0.05, 0) is 5.41 Å². The Balaban J connectivity index is 2.69. The molecule has 13 heavy (non-hydrogen) atoms. The molecule has 1 fully saturated rings. The molecule has 0 amide bonds. The van der Waals surface area contributed by atoms with E-state index in [0.717, 1.165) is 0 Å². The van der Waals surface area contributed by atoms with Gasteiger partial charge in [0.15, 0.2) is 6.29 Å². The predicted octanol–water partition coefficient (Wildman–Crippen LogP) is 0.962. The van der Waals surface area contributed by atoms with E-state index in [-0.39, 0.29) is 17.3 Å². The number of rotatable bonds is 4. The molecule has 4 heteroatoms. The number of aliphatic carboxylic acids is 1. The maximum absolute atomic E-state index is 10.8. The van der Waals surface area contributed by atoms with E-state index in [1.165, 1.54) is 14.2 Å². The molecule has 0 unspecified atom stereocenters. The van der Waals surface area contributed by atoms with Crippen molar-refractivity contribution in [2.75, 3.05) is 14.2 Å². The van der Waals surface area contributed by atoms with E-state index in [1.807, 2.05) is 13.8 Å². The summed E-state index contributed by atoms with van der Waals surface area (Å²) in [5.74, 6) is -1.16. The Morgan fingerprint density at radius 1 is 1.38 bits per heavy atom. The summed E-state index contributed by atoms with van der Waals surface area (Å²) in [6, 6.07) is 0. The molecule has 0 aliphatic heterocycles. The minimum Gasteiger partial charge on any atom is -0.481 e. The normalized spacial score (nSPS) is 30.5. The second-order valence-electron chi connectivity index (χ2n) is 4.00. The van der Waals surface area contributed by atoms with Gasteiger partial charge in [0.2, 0.25) is 0 Å². The Labute approximate surface area is 77.8 Å². The maximum atomic E-state index is 10.8. The van der Waals surface area contributed by atoms with Crippen LogP contribution < -0.4 is 0 Å². The van der Waals surface area contributed by atoms with Crippen molar-refractivity contribution in [1.82, 2.24) is 0 Å². The van der Waals surface area contributed by atoms with E-state index in [1.54, 1.807) is 0 Å². The molecule has 0 aromatic heterocycles. The number of ether oxygens (including phenoxy) is 2. The number of carbonyl (C=O) groups is 1. The lowest BCUT2D eigenvalue weighted by Gasteiger charge is -2.14. The van der Waals surface area contributed by atoms with Crippen molar-refractivity contribution in [3.63, 3.8) is 0 Å². The van der Waals surface area contributed by atoms with Crippen LogP contribution in [0.25, 0.3) is 0 Å². The van der Waals surface area contributed by atoms with E-state index >= 15 is 0 Å². The Hall–Kier alpha value is -0.610. The van der Waals surface area contributed by atoms with Crippen molar-refractivity contribution in [3.8, 4) is 0 Å². The highest BCUT2D eigenvalue weighted by Crippen LogP contribution is 2.60. The first-order valence-electron chi connectivity index (χ1n) is 4.25. The van der Waals surface area contributed by atoms with E-state index in [9.17, 15) is 4.79 Å². The first kappa shape index (κ1) is 10.5. The van der Waals surface area contributed by atoms with Gasteiger partial charge in [0, 0.05) is 20.1 Å². The summed E-state index contributed by atoms with van der Waals surface area (Å²) >= 11 is 0. The minimum absolute atomic E-state index is 0.0417. The standard InChI is InChI=1S/C9H16O4/c1-9(2)5(7(10)11)6(9)8(12-3)13-4/h5-6,8H,1-4H3,(H,10,11)/t5-,6-/m0/s1. The van der Waals surface area contributed by atoms with Crippen LogP contribution in [0.2, 0.25) is 0 Å². The third kappa shape index (κ3) is 1.56. The summed E-state index contributed by atoms with van der Waals surface area (Å²) in [6.45, 7) is 3.84. The van der Waals surface area contributed by atoms with Crippen LogP contribution in [0.1, 0.15) is 13.8 Å². The monoisotopic (exact) mass is 188 g/mol. The average molecular weight is 188 g/mol. The van der Waals surface area contributed by atoms with Gasteiger partial charge < -0.3 is 14.6 Å². The van der Waals surface area contributed by atoms with Gasteiger partial charge in [0.05, 0.1) is 5.92 Å². The minimum atomic E-state index is -0.769. The van der Waals surface area contributed by atoms with Gasteiger partial charge >= 0.3 is 5.97 Å². The van der Waals surface area contributed by atoms with Crippen LogP contribution in [-0.4, -0.2) is 31.6 Å². The summed E-state index contributed by atoms with van der Waals surface area (Å²) in [4.78, 5) is 10.8. The molecule has 0 bridgehead atoms. The van der Waals surface area contributed by atoms with E-state index < -0.39 is 12.3 Å². The molecule has 0 saturated heterocycles. The van der Waals surface area contributed by atoms with Gasteiger partial charge in [-0.1, -0.05) is 13.8 Å². The fraction of sp³-hybridized carbons (Fsp3) is 0.889. The Kier molecular flexibility index (Phi) is 2.63. The molecule has 0 aromatic carbocycles. The largest absolute Gasteiger partial charge is 0.481 e. The molecular formula is C9H16O4. The molecule has 1 aliphatic carbocycles. The van der Waals surface area contributed by atoms with Crippen LogP contribution in [0.3, 0.4) is 0 Å². The summed E-state index contributed by atoms with van der Waals surface area (Å²) in [6.07, 6.45) is -0.406. The van der Waals surface area contributed by atoms with Gasteiger partial charge in [-0.25, -0.2) is 0 Å². The number of hydrogen-bond donors (Lipinski definition) is 1. The Morgan fingerprint density at radius 3 is 2.08 bits per heavy atom. The topological polar surface area (TPSA) is 55.8 Å². The molecule has 1 saturated carbocycles. The van der Waals surface area contributed by atoms with Crippen molar-refractivity contribution in [2.45, 2.75) is 20.1 Å². The van der Waals surface area contributed by atoms with Gasteiger partial charge in [-0.15, -0.1) is 0 Å². The van der Waals surface area contributed by atoms with Crippen LogP contribution in [0.15, 0.2) is 0 Å². The fourth-order valence-electron chi connectivity index (χ4n) is 2.05. The number of carboxylic acids is 1. The molecule has 1 aliphatic rings. The highest BCUT2D eigenvalue weighted by Gasteiger charge is 2.65. The van der Waals surface area contributed by atoms with Gasteiger partial charge in [0.25, 0.3) is 0 Å². The van der Waals surface area contributed by atoms with Gasteiger partial charge in [-0.2, -0.15) is 0 Å². The zero-order valence-electron chi connectivity index (χ0n) is 8.40. The van der Waals surface area contributed by atoms with Crippen LogP contribution in [0.4, 0.5) is 0 Å². The van der Waals surface area contributed by atoms with Crippen LogP contribution in [0.5, 0.6) is 0 Å². The van der Waals surface area contributed by atoms with Gasteiger partial charge in [0.1, 0.15) is 0 Å². The molecule has 1 rings (SSSR count). The van der Waals surface area contributed by atoms with Crippen molar-refractivity contribution >= 4 is 5.97 Å². The summed E-state index contributed by atoms with van der Waals surface area (Å²) < 4.78 is 10.1. The molecular weight excluding hydrogens is 172 g/mol. The summed E-state index contributed by atoms with van der Waals surface area (Å²) in [7, 11) is 3.06. The van der Waals surface area contributed by atoms with Gasteiger partial charge in [-0.3, -0.25) is 4.79 Å². The maximum Gasteiger partial charge on any atom is 0.307 e. The number of carboxylic acid groups (broad SMARTS) is 1. The lowest BCUT2D eigenvalue weighted by molar-refractivity contribution is -0.144. The van der Waals surface area contributed by atoms with E-state index in [0.29, 0.717) is 0 Å². The van der Waals surface area contributed by atoms with Crippen molar-refractivity contribution in [2.24, 2.45) is 17.3 Å². The average Bonchev–Trinajstić information content (AvgIpc) is 2.57. The highest BCUT2D eigenvalue weighted by atomic mass is 16.7. The third-order valence-corrected chi connectivity index (χ3v) is 2.93. The second-order valence-corrected chi connectivity index (χ2v) is 4.00. The zero-order chi connectivity index (χ0) is 10.2. The van der Waals surface area contributed by atoms with Crippen LogP contribution in [-0.2, 0) is 14.3 Å². The Bertz CT molecular complexity index is 208. The van der Waals surface area contributed by atoms with Crippen molar-refractivity contribution in [3.05, 3.63) is 0 Å². The zero-order valence-corrected chi connectivity index (χ0v) is 8.40. The lowest BCUT2D eigenvalue weighted by Crippen LogP contribution is -2.19. The molecule has 0 aromatic rings. The van der Waals surface area contributed by atoms with Crippen LogP contribution >= 0.6 is 0 Å². The first-order valence-corrected chi connectivity index (χ1v) is 4.25. The summed E-state index contributed by atoms with van der Waals surface area (Å²) in [5, 5.41) is 8.89. The SMILES string of the molecule is COC(OC)[C@@H]1[C@@H](C(=O)O)C1(C)C. The van der Waals surface area contributed by atoms with Crippen molar-refractivity contribution < 1.29 is 19.4 Å². The third-order valence-electron chi connectivity index (χ3n) is 2.93. The quantitative estimate of drug-likeness (QED) is 0.668. The molecule has 0 heterocycles.